The molecule has 1 aliphatic heterocycles. The van der Waals surface area contributed by atoms with E-state index in [0.29, 0.717) is 34.9 Å². The number of hydrogen-bond donors (Lipinski definition) is 1. The molecule has 3 aromatic rings. The largest absolute Gasteiger partial charge is 0.486 e. The van der Waals surface area contributed by atoms with Crippen LogP contribution in [0.15, 0.2) is 52.9 Å². The summed E-state index contributed by atoms with van der Waals surface area (Å²) in [4.78, 5) is 14.1. The van der Waals surface area contributed by atoms with E-state index >= 15 is 0 Å². The number of halogens is 1. The topological polar surface area (TPSA) is 76.6 Å². The van der Waals surface area contributed by atoms with E-state index in [-0.39, 0.29) is 23.6 Å². The van der Waals surface area contributed by atoms with Gasteiger partial charge < -0.3 is 19.7 Å². The molecule has 0 bridgehead atoms. The van der Waals surface area contributed by atoms with E-state index in [4.69, 9.17) is 9.47 Å². The van der Waals surface area contributed by atoms with Gasteiger partial charge in [0.25, 0.3) is 0 Å². The number of benzene rings is 2. The number of hydrogen-bond acceptors (Lipinski definition) is 8. The molecule has 1 N–H and O–H groups in total. The molecule has 31 heavy (non-hydrogen) atoms. The molecular weight excluding hydrogens is 439 g/mol. The van der Waals surface area contributed by atoms with Crippen molar-refractivity contribution in [3.8, 4) is 11.5 Å². The Kier molecular flexibility index (Phi) is 6.88. The van der Waals surface area contributed by atoms with Crippen LogP contribution in [-0.2, 0) is 11.3 Å². The third-order valence-corrected chi connectivity index (χ3v) is 6.55. The minimum absolute atomic E-state index is 0.0246. The zero-order valence-electron chi connectivity index (χ0n) is 16.8. The Labute approximate surface area is 187 Å². The zero-order chi connectivity index (χ0) is 21.6. The standard InChI is InChI=1S/C21H21FN4O3S2/c1-26(11-16-12-28-17-4-2-3-5-18(17)29-16)19(27)13-30-21-25-24-20(31-21)23-10-14-6-8-15(22)9-7-14/h2-9,16H,10-13H2,1H3,(H,23,24). The highest BCUT2D eigenvalue weighted by molar-refractivity contribution is 8.01. The van der Waals surface area contributed by atoms with Gasteiger partial charge in [-0.3, -0.25) is 4.79 Å². The van der Waals surface area contributed by atoms with E-state index in [2.05, 4.69) is 15.5 Å². The molecule has 1 aromatic heterocycles. The monoisotopic (exact) mass is 460 g/mol. The number of para-hydroxylation sites is 2. The number of nitrogens with zero attached hydrogens (tertiary/aromatic N) is 3. The lowest BCUT2D eigenvalue weighted by Gasteiger charge is -2.29. The van der Waals surface area contributed by atoms with Gasteiger partial charge in [0.1, 0.15) is 12.4 Å². The first-order valence-electron chi connectivity index (χ1n) is 9.64. The highest BCUT2D eigenvalue weighted by Gasteiger charge is 2.23. The number of thioether (sulfide) groups is 1. The van der Waals surface area contributed by atoms with E-state index in [9.17, 15) is 9.18 Å². The van der Waals surface area contributed by atoms with Gasteiger partial charge in [0.2, 0.25) is 11.0 Å². The predicted molar refractivity (Wildman–Crippen MR) is 118 cm³/mol. The van der Waals surface area contributed by atoms with Gasteiger partial charge in [0, 0.05) is 13.6 Å². The molecule has 0 aliphatic carbocycles. The van der Waals surface area contributed by atoms with Crippen LogP contribution in [0.3, 0.4) is 0 Å². The molecule has 0 fully saturated rings. The van der Waals surface area contributed by atoms with Crippen LogP contribution >= 0.6 is 23.1 Å². The van der Waals surface area contributed by atoms with Crippen LogP contribution in [0.5, 0.6) is 11.5 Å². The summed E-state index contributed by atoms with van der Waals surface area (Å²) in [6, 6.07) is 13.8. The van der Waals surface area contributed by atoms with Crippen LogP contribution in [-0.4, -0.2) is 53.1 Å². The van der Waals surface area contributed by atoms with E-state index in [0.717, 1.165) is 11.3 Å². The molecule has 4 rings (SSSR count). The van der Waals surface area contributed by atoms with Crippen LogP contribution in [0.4, 0.5) is 9.52 Å². The summed E-state index contributed by atoms with van der Waals surface area (Å²) in [5, 5.41) is 12.0. The Hall–Kier alpha value is -2.85. The number of likely N-dealkylation sites (N-methyl/N-ethyl adjacent to an activating group) is 1. The van der Waals surface area contributed by atoms with Crippen LogP contribution in [0.1, 0.15) is 5.56 Å². The quantitative estimate of drug-likeness (QED) is 0.514. The second-order valence-electron chi connectivity index (χ2n) is 6.91. The number of carbonyl (C=O) groups excluding carboxylic acids is 1. The van der Waals surface area contributed by atoms with Gasteiger partial charge in [-0.15, -0.1) is 10.2 Å². The summed E-state index contributed by atoms with van der Waals surface area (Å²) in [6.07, 6.45) is -0.211. The van der Waals surface area contributed by atoms with Crippen molar-refractivity contribution in [2.75, 3.05) is 31.3 Å². The van der Waals surface area contributed by atoms with Crippen molar-refractivity contribution in [3.63, 3.8) is 0 Å². The number of ether oxygens (including phenoxy) is 2. The lowest BCUT2D eigenvalue weighted by atomic mass is 10.2. The van der Waals surface area contributed by atoms with Gasteiger partial charge >= 0.3 is 0 Å². The van der Waals surface area contributed by atoms with Crippen molar-refractivity contribution in [2.45, 2.75) is 17.0 Å². The maximum absolute atomic E-state index is 13.0. The number of carbonyl (C=O) groups is 1. The fourth-order valence-corrected chi connectivity index (χ4v) is 4.60. The van der Waals surface area contributed by atoms with Crippen molar-refractivity contribution >= 4 is 34.1 Å². The number of nitrogens with one attached hydrogen (secondary N) is 1. The van der Waals surface area contributed by atoms with E-state index < -0.39 is 0 Å². The summed E-state index contributed by atoms with van der Waals surface area (Å²) in [5.74, 6) is 1.39. The summed E-state index contributed by atoms with van der Waals surface area (Å²) in [6.45, 7) is 1.36. The summed E-state index contributed by atoms with van der Waals surface area (Å²) >= 11 is 2.72. The van der Waals surface area contributed by atoms with Gasteiger partial charge in [-0.25, -0.2) is 4.39 Å². The molecule has 2 heterocycles. The fraction of sp³-hybridized carbons (Fsp3) is 0.286. The molecule has 2 aromatic carbocycles. The Balaban J connectivity index is 1.21. The third kappa shape index (κ3) is 5.86. The highest BCUT2D eigenvalue weighted by Crippen LogP contribution is 2.31. The van der Waals surface area contributed by atoms with Crippen LogP contribution in [0.2, 0.25) is 0 Å². The Morgan fingerprint density at radius 1 is 1.23 bits per heavy atom. The molecular formula is C21H21FN4O3S2. The summed E-state index contributed by atoms with van der Waals surface area (Å²) in [5.41, 5.74) is 0.944. The van der Waals surface area contributed by atoms with E-state index in [1.165, 1.54) is 35.2 Å². The summed E-state index contributed by atoms with van der Waals surface area (Å²) < 4.78 is 25.3. The fourth-order valence-electron chi connectivity index (χ4n) is 2.91. The Morgan fingerprint density at radius 2 is 2.00 bits per heavy atom. The first kappa shape index (κ1) is 21.4. The molecule has 0 spiro atoms. The van der Waals surface area contributed by atoms with E-state index in [1.807, 2.05) is 24.3 Å². The molecule has 1 unspecified atom stereocenters. The predicted octanol–water partition coefficient (Wildman–Crippen LogP) is 3.68. The van der Waals surface area contributed by atoms with Gasteiger partial charge in [0.05, 0.1) is 12.3 Å². The first-order chi connectivity index (χ1) is 15.1. The third-order valence-electron chi connectivity index (χ3n) is 4.55. The molecule has 0 saturated carbocycles. The van der Waals surface area contributed by atoms with Crippen LogP contribution in [0.25, 0.3) is 0 Å². The number of aromatic nitrogens is 2. The number of fused-ring (bicyclic) bond motifs is 1. The van der Waals surface area contributed by atoms with Crippen molar-refractivity contribution in [1.82, 2.24) is 15.1 Å². The maximum Gasteiger partial charge on any atom is 0.232 e. The molecule has 10 heteroatoms. The lowest BCUT2D eigenvalue weighted by Crippen LogP contribution is -2.42. The molecule has 1 atom stereocenters. The maximum atomic E-state index is 13.0. The smallest absolute Gasteiger partial charge is 0.232 e. The van der Waals surface area contributed by atoms with Crippen LogP contribution in [0, 0.1) is 5.82 Å². The second-order valence-corrected chi connectivity index (χ2v) is 9.11. The average Bonchev–Trinajstić information content (AvgIpc) is 3.25. The van der Waals surface area contributed by atoms with Gasteiger partial charge in [-0.1, -0.05) is 47.4 Å². The number of amides is 1. The second kappa shape index (κ2) is 9.97. The molecule has 0 saturated heterocycles. The number of anilines is 1. The van der Waals surface area contributed by atoms with Crippen molar-refractivity contribution in [1.29, 1.82) is 0 Å². The lowest BCUT2D eigenvalue weighted by molar-refractivity contribution is -0.128. The molecule has 7 nitrogen and oxygen atoms in total. The minimum atomic E-state index is -0.264. The van der Waals surface area contributed by atoms with Crippen molar-refractivity contribution in [2.24, 2.45) is 0 Å². The Bertz CT molecular complexity index is 1030. The molecule has 0 radical (unpaired) electrons. The van der Waals surface area contributed by atoms with Crippen LogP contribution < -0.4 is 14.8 Å². The summed E-state index contributed by atoms with van der Waals surface area (Å²) in [7, 11) is 1.75. The number of rotatable bonds is 8. The van der Waals surface area contributed by atoms with Gasteiger partial charge in [-0.05, 0) is 29.8 Å². The van der Waals surface area contributed by atoms with Gasteiger partial charge in [-0.2, -0.15) is 0 Å². The minimum Gasteiger partial charge on any atom is -0.486 e. The average molecular weight is 461 g/mol. The normalized spacial score (nSPS) is 14.8. The van der Waals surface area contributed by atoms with Crippen molar-refractivity contribution < 1.29 is 18.7 Å². The molecule has 1 amide bonds. The molecule has 1 aliphatic rings. The van der Waals surface area contributed by atoms with E-state index in [1.54, 1.807) is 24.1 Å². The van der Waals surface area contributed by atoms with Gasteiger partial charge in [0.15, 0.2) is 21.9 Å². The Morgan fingerprint density at radius 3 is 2.81 bits per heavy atom. The van der Waals surface area contributed by atoms with Crippen molar-refractivity contribution in [3.05, 3.63) is 59.9 Å². The zero-order valence-corrected chi connectivity index (χ0v) is 18.4. The highest BCUT2D eigenvalue weighted by atomic mass is 32.2. The SMILES string of the molecule is CN(CC1COc2ccccc2O1)C(=O)CSc1nnc(NCc2ccc(F)cc2)s1. The molecule has 162 valence electrons. The first-order valence-corrected chi connectivity index (χ1v) is 11.4.